The van der Waals surface area contributed by atoms with E-state index >= 15 is 0 Å². The molecule has 1 aromatic carbocycles. The third-order valence-electron chi connectivity index (χ3n) is 4.91. The van der Waals surface area contributed by atoms with E-state index in [0.717, 1.165) is 51.3 Å². The topological polar surface area (TPSA) is 23.5 Å². The van der Waals surface area contributed by atoms with Crippen LogP contribution in [0.1, 0.15) is 37.7 Å². The Kier molecular flexibility index (Phi) is 3.78. The highest BCUT2D eigenvalue weighted by Crippen LogP contribution is 2.40. The highest BCUT2D eigenvalue weighted by molar-refractivity contribution is 5.18. The summed E-state index contributed by atoms with van der Waals surface area (Å²) in [4.78, 5) is 2.14. The number of halogens is 2. The van der Waals surface area contributed by atoms with Crippen LogP contribution in [0, 0.1) is 17.6 Å². The van der Waals surface area contributed by atoms with Gasteiger partial charge in [-0.3, -0.25) is 4.90 Å². The van der Waals surface area contributed by atoms with Crippen LogP contribution in [-0.2, 0) is 6.54 Å². The molecule has 1 saturated heterocycles. The molecule has 1 heterocycles. The van der Waals surface area contributed by atoms with E-state index < -0.39 is 11.4 Å². The second kappa shape index (κ2) is 5.41. The summed E-state index contributed by atoms with van der Waals surface area (Å²) in [6.45, 7) is 1.96. The zero-order valence-electron chi connectivity index (χ0n) is 11.6. The standard InChI is InChI=1S/C16H21F2NO/c17-14-4-5-15(18)12(9-14)10-19-8-7-16(20)6-2-1-3-13(16)11-19/h4-5,9,13,20H,1-3,6-8,10-11H2. The summed E-state index contributed by atoms with van der Waals surface area (Å²) in [6, 6.07) is 3.61. The van der Waals surface area contributed by atoms with Crippen molar-refractivity contribution in [1.82, 2.24) is 4.90 Å². The molecule has 110 valence electrons. The van der Waals surface area contributed by atoms with Crippen molar-refractivity contribution < 1.29 is 13.9 Å². The van der Waals surface area contributed by atoms with Crippen LogP contribution in [0.5, 0.6) is 0 Å². The third-order valence-corrected chi connectivity index (χ3v) is 4.91. The molecule has 3 rings (SSSR count). The molecule has 1 aliphatic heterocycles. The number of hydrogen-bond acceptors (Lipinski definition) is 2. The highest BCUT2D eigenvalue weighted by Gasteiger charge is 2.42. The van der Waals surface area contributed by atoms with Crippen LogP contribution in [0.15, 0.2) is 18.2 Å². The molecular formula is C16H21F2NO. The van der Waals surface area contributed by atoms with E-state index in [2.05, 4.69) is 4.90 Å². The molecule has 0 amide bonds. The lowest BCUT2D eigenvalue weighted by atomic mass is 9.71. The fraction of sp³-hybridized carbons (Fsp3) is 0.625. The van der Waals surface area contributed by atoms with Crippen LogP contribution in [0.3, 0.4) is 0 Å². The van der Waals surface area contributed by atoms with Gasteiger partial charge in [0.25, 0.3) is 0 Å². The Hall–Kier alpha value is -1.00. The van der Waals surface area contributed by atoms with Gasteiger partial charge in [0.1, 0.15) is 11.6 Å². The average Bonchev–Trinajstić information content (AvgIpc) is 2.43. The van der Waals surface area contributed by atoms with Crippen LogP contribution < -0.4 is 0 Å². The minimum atomic E-state index is -0.519. The molecule has 0 bridgehead atoms. The summed E-state index contributed by atoms with van der Waals surface area (Å²) < 4.78 is 26.9. The number of aliphatic hydroxyl groups is 1. The maximum Gasteiger partial charge on any atom is 0.127 e. The van der Waals surface area contributed by atoms with Crippen molar-refractivity contribution in [3.63, 3.8) is 0 Å². The number of piperidine rings is 1. The van der Waals surface area contributed by atoms with Gasteiger partial charge < -0.3 is 5.11 Å². The predicted molar refractivity (Wildman–Crippen MR) is 73.2 cm³/mol. The van der Waals surface area contributed by atoms with E-state index in [9.17, 15) is 13.9 Å². The van der Waals surface area contributed by atoms with Crippen molar-refractivity contribution in [3.05, 3.63) is 35.4 Å². The number of benzene rings is 1. The SMILES string of the molecule is OC12CCCCC1CN(Cc1cc(F)ccc1F)CC2. The van der Waals surface area contributed by atoms with Crippen LogP contribution in [0.2, 0.25) is 0 Å². The number of rotatable bonds is 2. The molecule has 2 fully saturated rings. The molecule has 2 atom stereocenters. The molecular weight excluding hydrogens is 260 g/mol. The molecule has 1 aliphatic carbocycles. The van der Waals surface area contributed by atoms with Gasteiger partial charge in [-0.25, -0.2) is 8.78 Å². The normalized spacial score (nSPS) is 31.1. The maximum atomic E-state index is 13.7. The van der Waals surface area contributed by atoms with Gasteiger partial charge in [0.2, 0.25) is 0 Å². The van der Waals surface area contributed by atoms with Gasteiger partial charge in [-0.2, -0.15) is 0 Å². The van der Waals surface area contributed by atoms with Crippen LogP contribution in [-0.4, -0.2) is 28.7 Å². The molecule has 20 heavy (non-hydrogen) atoms. The molecule has 0 spiro atoms. The van der Waals surface area contributed by atoms with E-state index in [0.29, 0.717) is 12.1 Å². The summed E-state index contributed by atoms with van der Waals surface area (Å²) in [7, 11) is 0. The van der Waals surface area contributed by atoms with Crippen molar-refractivity contribution in [2.45, 2.75) is 44.2 Å². The molecule has 1 aromatic rings. The molecule has 4 heteroatoms. The van der Waals surface area contributed by atoms with Crippen molar-refractivity contribution in [3.8, 4) is 0 Å². The van der Waals surface area contributed by atoms with E-state index in [1.54, 1.807) is 0 Å². The number of hydrogen-bond donors (Lipinski definition) is 1. The molecule has 0 aromatic heterocycles. The van der Waals surface area contributed by atoms with Crippen LogP contribution >= 0.6 is 0 Å². The van der Waals surface area contributed by atoms with Crippen molar-refractivity contribution >= 4 is 0 Å². The summed E-state index contributed by atoms with van der Waals surface area (Å²) >= 11 is 0. The zero-order chi connectivity index (χ0) is 14.2. The molecule has 1 N–H and O–H groups in total. The van der Waals surface area contributed by atoms with Gasteiger partial charge in [-0.1, -0.05) is 12.8 Å². The van der Waals surface area contributed by atoms with E-state index in [1.165, 1.54) is 12.1 Å². The summed E-state index contributed by atoms with van der Waals surface area (Å²) in [5, 5.41) is 10.6. The Labute approximate surface area is 118 Å². The van der Waals surface area contributed by atoms with Crippen molar-refractivity contribution in [2.24, 2.45) is 5.92 Å². The van der Waals surface area contributed by atoms with Crippen molar-refractivity contribution in [2.75, 3.05) is 13.1 Å². The minimum Gasteiger partial charge on any atom is -0.390 e. The van der Waals surface area contributed by atoms with E-state index in [4.69, 9.17) is 0 Å². The predicted octanol–water partition coefficient (Wildman–Crippen LogP) is 3.09. The molecule has 2 aliphatic rings. The molecule has 2 unspecified atom stereocenters. The Bertz CT molecular complexity index is 493. The van der Waals surface area contributed by atoms with Gasteiger partial charge in [0, 0.05) is 31.1 Å². The summed E-state index contributed by atoms with van der Waals surface area (Å²) in [6.07, 6.45) is 4.94. The monoisotopic (exact) mass is 281 g/mol. The van der Waals surface area contributed by atoms with Crippen LogP contribution in [0.25, 0.3) is 0 Å². The van der Waals surface area contributed by atoms with E-state index in [-0.39, 0.29) is 11.7 Å². The molecule has 0 radical (unpaired) electrons. The first-order chi connectivity index (χ1) is 9.57. The van der Waals surface area contributed by atoms with Gasteiger partial charge in [0.15, 0.2) is 0 Å². The second-order valence-electron chi connectivity index (χ2n) is 6.27. The highest BCUT2D eigenvalue weighted by atomic mass is 19.1. The Morgan fingerprint density at radius 3 is 2.95 bits per heavy atom. The zero-order valence-corrected chi connectivity index (χ0v) is 11.6. The van der Waals surface area contributed by atoms with E-state index in [1.807, 2.05) is 0 Å². The second-order valence-corrected chi connectivity index (χ2v) is 6.27. The minimum absolute atomic E-state index is 0.279. The largest absolute Gasteiger partial charge is 0.390 e. The quantitative estimate of drug-likeness (QED) is 0.900. The van der Waals surface area contributed by atoms with Crippen LogP contribution in [0.4, 0.5) is 8.78 Å². The van der Waals surface area contributed by atoms with Crippen molar-refractivity contribution in [1.29, 1.82) is 0 Å². The number of nitrogens with zero attached hydrogens (tertiary/aromatic N) is 1. The molecule has 1 saturated carbocycles. The van der Waals surface area contributed by atoms with Gasteiger partial charge in [-0.15, -0.1) is 0 Å². The first-order valence-electron chi connectivity index (χ1n) is 7.45. The maximum absolute atomic E-state index is 13.7. The number of likely N-dealkylation sites (tertiary alicyclic amines) is 1. The lowest BCUT2D eigenvalue weighted by Gasteiger charge is -2.47. The lowest BCUT2D eigenvalue weighted by molar-refractivity contribution is -0.0969. The van der Waals surface area contributed by atoms with Gasteiger partial charge in [0.05, 0.1) is 5.60 Å². The number of fused-ring (bicyclic) bond motifs is 1. The Balaban J connectivity index is 1.69. The summed E-state index contributed by atoms with van der Waals surface area (Å²) in [5.41, 5.74) is -0.110. The van der Waals surface area contributed by atoms with Gasteiger partial charge in [-0.05, 0) is 37.5 Å². The Morgan fingerprint density at radius 2 is 2.10 bits per heavy atom. The first-order valence-corrected chi connectivity index (χ1v) is 7.45. The Morgan fingerprint density at radius 1 is 1.25 bits per heavy atom. The lowest BCUT2D eigenvalue weighted by Crippen LogP contribution is -2.53. The summed E-state index contributed by atoms with van der Waals surface area (Å²) in [5.74, 6) is -0.468. The molecule has 2 nitrogen and oxygen atoms in total. The smallest absolute Gasteiger partial charge is 0.127 e. The fourth-order valence-electron chi connectivity index (χ4n) is 3.69. The van der Waals surface area contributed by atoms with Gasteiger partial charge >= 0.3 is 0 Å². The first kappa shape index (κ1) is 14.0. The third kappa shape index (κ3) is 2.72. The fourth-order valence-corrected chi connectivity index (χ4v) is 3.69. The average molecular weight is 281 g/mol.